The molecule has 1 aromatic rings. The number of phenols is 1. The average Bonchev–Trinajstić information content (AvgIpc) is 2.40. The number of rotatable bonds is 7. The molecule has 0 fully saturated rings. The van der Waals surface area contributed by atoms with Crippen LogP contribution in [0.15, 0.2) is 24.3 Å². The van der Waals surface area contributed by atoms with Gasteiger partial charge >= 0.3 is 0 Å². The summed E-state index contributed by atoms with van der Waals surface area (Å²) in [7, 11) is 0. The number of carbonyl (C=O) groups excluding carboxylic acids is 1. The SMILES string of the molecule is CCCN(CCO)C(=O)C(N)Cc1ccc(O)cc1. The van der Waals surface area contributed by atoms with E-state index in [4.69, 9.17) is 10.8 Å². The van der Waals surface area contributed by atoms with Crippen LogP contribution < -0.4 is 5.73 Å². The summed E-state index contributed by atoms with van der Waals surface area (Å²) in [5.41, 5.74) is 6.82. The minimum atomic E-state index is -0.623. The maximum absolute atomic E-state index is 12.1. The number of aliphatic hydroxyl groups excluding tert-OH is 1. The Morgan fingerprint density at radius 1 is 1.32 bits per heavy atom. The van der Waals surface area contributed by atoms with Crippen LogP contribution >= 0.6 is 0 Å². The van der Waals surface area contributed by atoms with Gasteiger partial charge in [-0.25, -0.2) is 0 Å². The normalized spacial score (nSPS) is 12.2. The highest BCUT2D eigenvalue weighted by molar-refractivity contribution is 5.82. The molecule has 106 valence electrons. The molecule has 0 saturated heterocycles. The number of amides is 1. The zero-order chi connectivity index (χ0) is 14.3. The van der Waals surface area contributed by atoms with Crippen LogP contribution in [0.25, 0.3) is 0 Å². The number of benzene rings is 1. The van der Waals surface area contributed by atoms with E-state index in [-0.39, 0.29) is 18.3 Å². The van der Waals surface area contributed by atoms with Gasteiger partial charge < -0.3 is 20.8 Å². The number of nitrogens with zero attached hydrogens (tertiary/aromatic N) is 1. The van der Waals surface area contributed by atoms with E-state index in [0.717, 1.165) is 12.0 Å². The van der Waals surface area contributed by atoms with E-state index in [2.05, 4.69) is 0 Å². The molecular weight excluding hydrogens is 244 g/mol. The van der Waals surface area contributed by atoms with Crippen molar-refractivity contribution in [2.24, 2.45) is 5.73 Å². The number of hydrogen-bond acceptors (Lipinski definition) is 4. The summed E-state index contributed by atoms with van der Waals surface area (Å²) in [6.07, 6.45) is 1.25. The molecule has 1 unspecified atom stereocenters. The third-order valence-corrected chi connectivity index (χ3v) is 2.88. The molecule has 0 heterocycles. The minimum absolute atomic E-state index is 0.0579. The zero-order valence-electron chi connectivity index (χ0n) is 11.2. The smallest absolute Gasteiger partial charge is 0.239 e. The first-order valence-electron chi connectivity index (χ1n) is 6.51. The maximum Gasteiger partial charge on any atom is 0.239 e. The Kier molecular flexibility index (Phi) is 6.32. The Bertz CT molecular complexity index is 386. The Balaban J connectivity index is 2.62. The van der Waals surface area contributed by atoms with Gasteiger partial charge in [0.1, 0.15) is 5.75 Å². The summed E-state index contributed by atoms with van der Waals surface area (Å²) in [5.74, 6) is 0.0421. The van der Waals surface area contributed by atoms with Crippen molar-refractivity contribution < 1.29 is 15.0 Å². The van der Waals surface area contributed by atoms with Gasteiger partial charge in [0.25, 0.3) is 0 Å². The van der Waals surface area contributed by atoms with Crippen LogP contribution in [-0.2, 0) is 11.2 Å². The molecule has 0 aliphatic heterocycles. The Morgan fingerprint density at radius 2 is 1.95 bits per heavy atom. The van der Waals surface area contributed by atoms with Crippen molar-refractivity contribution in [2.75, 3.05) is 19.7 Å². The molecule has 19 heavy (non-hydrogen) atoms. The molecule has 1 aromatic carbocycles. The molecular formula is C14H22N2O3. The van der Waals surface area contributed by atoms with E-state index in [1.165, 1.54) is 0 Å². The van der Waals surface area contributed by atoms with Crippen molar-refractivity contribution in [3.05, 3.63) is 29.8 Å². The molecule has 5 heteroatoms. The highest BCUT2D eigenvalue weighted by Crippen LogP contribution is 2.11. The summed E-state index contributed by atoms with van der Waals surface area (Å²) in [4.78, 5) is 13.7. The maximum atomic E-state index is 12.1. The third kappa shape index (κ3) is 4.89. The largest absolute Gasteiger partial charge is 0.508 e. The first-order valence-corrected chi connectivity index (χ1v) is 6.51. The van der Waals surface area contributed by atoms with Crippen molar-refractivity contribution in [3.63, 3.8) is 0 Å². The van der Waals surface area contributed by atoms with Crippen LogP contribution in [0.3, 0.4) is 0 Å². The van der Waals surface area contributed by atoms with E-state index in [1.807, 2.05) is 6.92 Å². The third-order valence-electron chi connectivity index (χ3n) is 2.88. The Morgan fingerprint density at radius 3 is 2.47 bits per heavy atom. The lowest BCUT2D eigenvalue weighted by Gasteiger charge is -2.24. The summed E-state index contributed by atoms with van der Waals surface area (Å²) >= 11 is 0. The van der Waals surface area contributed by atoms with E-state index in [0.29, 0.717) is 19.5 Å². The lowest BCUT2D eigenvalue weighted by atomic mass is 10.1. The topological polar surface area (TPSA) is 86.8 Å². The van der Waals surface area contributed by atoms with Crippen LogP contribution in [0.2, 0.25) is 0 Å². The first-order chi connectivity index (χ1) is 9.08. The van der Waals surface area contributed by atoms with Gasteiger partial charge in [-0.3, -0.25) is 4.79 Å². The van der Waals surface area contributed by atoms with Gasteiger partial charge in [0.2, 0.25) is 5.91 Å². The summed E-state index contributed by atoms with van der Waals surface area (Å²) < 4.78 is 0. The fourth-order valence-electron chi connectivity index (χ4n) is 1.93. The second-order valence-electron chi connectivity index (χ2n) is 4.53. The number of carbonyl (C=O) groups is 1. The Hall–Kier alpha value is -1.59. The molecule has 0 aromatic heterocycles. The number of aliphatic hydroxyl groups is 1. The fourth-order valence-corrected chi connectivity index (χ4v) is 1.93. The van der Waals surface area contributed by atoms with Gasteiger partial charge in [-0.2, -0.15) is 0 Å². The Labute approximate surface area is 113 Å². The molecule has 1 atom stereocenters. The molecule has 0 aliphatic rings. The predicted molar refractivity (Wildman–Crippen MR) is 73.7 cm³/mol. The molecule has 0 spiro atoms. The summed E-state index contributed by atoms with van der Waals surface area (Å²) in [6.45, 7) is 2.83. The van der Waals surface area contributed by atoms with Crippen LogP contribution in [0.4, 0.5) is 0 Å². The second kappa shape index (κ2) is 7.76. The van der Waals surface area contributed by atoms with Crippen molar-refractivity contribution in [1.29, 1.82) is 0 Å². The number of hydrogen-bond donors (Lipinski definition) is 3. The fraction of sp³-hybridized carbons (Fsp3) is 0.500. The van der Waals surface area contributed by atoms with Gasteiger partial charge in [0.15, 0.2) is 0 Å². The minimum Gasteiger partial charge on any atom is -0.508 e. The predicted octanol–water partition coefficient (Wildman–Crippen LogP) is 0.493. The molecule has 5 nitrogen and oxygen atoms in total. The molecule has 4 N–H and O–H groups in total. The monoisotopic (exact) mass is 266 g/mol. The summed E-state index contributed by atoms with van der Waals surface area (Å²) in [6, 6.07) is 6.02. The van der Waals surface area contributed by atoms with Crippen LogP contribution in [0, 0.1) is 0 Å². The molecule has 0 bridgehead atoms. The quantitative estimate of drug-likeness (QED) is 0.670. The lowest BCUT2D eigenvalue weighted by molar-refractivity contribution is -0.133. The number of aromatic hydroxyl groups is 1. The number of nitrogens with two attached hydrogens (primary N) is 1. The average molecular weight is 266 g/mol. The molecule has 1 rings (SSSR count). The van der Waals surface area contributed by atoms with Gasteiger partial charge in [-0.15, -0.1) is 0 Å². The lowest BCUT2D eigenvalue weighted by Crippen LogP contribution is -2.46. The van der Waals surface area contributed by atoms with E-state index >= 15 is 0 Å². The standard InChI is InChI=1S/C14H22N2O3/c1-2-7-16(8-9-17)14(19)13(15)10-11-3-5-12(18)6-4-11/h3-6,13,17-18H,2,7-10,15H2,1H3. The van der Waals surface area contributed by atoms with E-state index in [1.54, 1.807) is 29.2 Å². The van der Waals surface area contributed by atoms with Crippen molar-refractivity contribution in [3.8, 4) is 5.75 Å². The molecule has 0 aliphatic carbocycles. The van der Waals surface area contributed by atoms with Crippen LogP contribution in [-0.4, -0.2) is 46.8 Å². The van der Waals surface area contributed by atoms with Crippen LogP contribution in [0.1, 0.15) is 18.9 Å². The number of phenolic OH excluding ortho intramolecular Hbond substituents is 1. The van der Waals surface area contributed by atoms with Gasteiger partial charge in [0, 0.05) is 13.1 Å². The highest BCUT2D eigenvalue weighted by atomic mass is 16.3. The van der Waals surface area contributed by atoms with Gasteiger partial charge in [-0.1, -0.05) is 19.1 Å². The second-order valence-corrected chi connectivity index (χ2v) is 4.53. The van der Waals surface area contributed by atoms with Gasteiger partial charge in [0.05, 0.1) is 12.6 Å². The van der Waals surface area contributed by atoms with Crippen molar-refractivity contribution in [1.82, 2.24) is 4.90 Å². The summed E-state index contributed by atoms with van der Waals surface area (Å²) in [5, 5.41) is 18.1. The van der Waals surface area contributed by atoms with Crippen molar-refractivity contribution in [2.45, 2.75) is 25.8 Å². The van der Waals surface area contributed by atoms with Crippen molar-refractivity contribution >= 4 is 5.91 Å². The molecule has 1 amide bonds. The molecule has 0 saturated carbocycles. The molecule has 0 radical (unpaired) electrons. The zero-order valence-corrected chi connectivity index (χ0v) is 11.2. The van der Waals surface area contributed by atoms with Crippen LogP contribution in [0.5, 0.6) is 5.75 Å². The van der Waals surface area contributed by atoms with E-state index < -0.39 is 6.04 Å². The van der Waals surface area contributed by atoms with E-state index in [9.17, 15) is 9.90 Å². The van der Waals surface area contributed by atoms with Gasteiger partial charge in [-0.05, 0) is 30.5 Å². The first kappa shape index (κ1) is 15.5. The highest BCUT2D eigenvalue weighted by Gasteiger charge is 2.20.